The van der Waals surface area contributed by atoms with Gasteiger partial charge in [-0.1, -0.05) is 12.1 Å². The molecule has 0 saturated heterocycles. The maximum atomic E-state index is 12.7. The van der Waals surface area contributed by atoms with E-state index in [2.05, 4.69) is 10.3 Å². The number of benzene rings is 1. The van der Waals surface area contributed by atoms with Gasteiger partial charge in [0.15, 0.2) is 11.5 Å². The summed E-state index contributed by atoms with van der Waals surface area (Å²) in [5, 5.41) is 2.89. The second kappa shape index (κ2) is 9.09. The second-order valence-corrected chi connectivity index (χ2v) is 6.39. The molecule has 8 nitrogen and oxygen atoms in total. The van der Waals surface area contributed by atoms with Crippen molar-refractivity contribution in [1.29, 1.82) is 0 Å². The summed E-state index contributed by atoms with van der Waals surface area (Å²) in [4.78, 5) is 29.0. The van der Waals surface area contributed by atoms with Crippen LogP contribution in [0.25, 0.3) is 5.65 Å². The van der Waals surface area contributed by atoms with Gasteiger partial charge in [0, 0.05) is 12.4 Å². The van der Waals surface area contributed by atoms with Gasteiger partial charge in [-0.05, 0) is 29.8 Å². The zero-order valence-electron chi connectivity index (χ0n) is 16.5. The van der Waals surface area contributed by atoms with Crippen molar-refractivity contribution in [2.45, 2.75) is 18.9 Å². The minimum atomic E-state index is -0.577. The quantitative estimate of drug-likeness (QED) is 0.587. The summed E-state index contributed by atoms with van der Waals surface area (Å²) in [6, 6.07) is 10.3. The normalized spacial score (nSPS) is 11.7. The summed E-state index contributed by atoms with van der Waals surface area (Å²) in [6.45, 7) is 0. The van der Waals surface area contributed by atoms with Gasteiger partial charge in [-0.15, -0.1) is 0 Å². The van der Waals surface area contributed by atoms with Gasteiger partial charge >= 0.3 is 5.97 Å². The first-order valence-corrected chi connectivity index (χ1v) is 9.04. The molecule has 0 fully saturated rings. The number of carbonyl (C=O) groups is 2. The average Bonchev–Trinajstić information content (AvgIpc) is 3.14. The summed E-state index contributed by atoms with van der Waals surface area (Å²) < 4.78 is 17.2. The number of hydrogen-bond donors (Lipinski definition) is 1. The molecule has 0 aliphatic heterocycles. The lowest BCUT2D eigenvalue weighted by Gasteiger charge is -2.19. The lowest BCUT2D eigenvalue weighted by Crippen LogP contribution is -2.31. The molecule has 1 aromatic carbocycles. The van der Waals surface area contributed by atoms with E-state index in [1.54, 1.807) is 31.5 Å². The Labute approximate surface area is 168 Å². The first-order valence-electron chi connectivity index (χ1n) is 9.04. The van der Waals surface area contributed by atoms with Gasteiger partial charge in [-0.25, -0.2) is 4.98 Å². The number of methoxy groups -OCH3 is 3. The van der Waals surface area contributed by atoms with Crippen molar-refractivity contribution in [2.75, 3.05) is 21.3 Å². The van der Waals surface area contributed by atoms with E-state index >= 15 is 0 Å². The summed E-state index contributed by atoms with van der Waals surface area (Å²) in [5.74, 6) is 0.383. The molecule has 0 unspecified atom stereocenters. The third kappa shape index (κ3) is 4.84. The summed E-state index contributed by atoms with van der Waals surface area (Å²) in [6.07, 6.45) is 3.75. The molecule has 0 aliphatic rings. The largest absolute Gasteiger partial charge is 0.493 e. The molecule has 0 aliphatic carbocycles. The molecule has 29 heavy (non-hydrogen) atoms. The van der Waals surface area contributed by atoms with Gasteiger partial charge in [0.1, 0.15) is 5.65 Å². The van der Waals surface area contributed by atoms with Crippen molar-refractivity contribution >= 4 is 17.5 Å². The van der Waals surface area contributed by atoms with Crippen LogP contribution in [0.5, 0.6) is 11.5 Å². The maximum Gasteiger partial charge on any atom is 0.307 e. The number of nitrogens with one attached hydrogen (secondary N) is 1. The third-order valence-corrected chi connectivity index (χ3v) is 4.50. The van der Waals surface area contributed by atoms with Crippen LogP contribution in [0, 0.1) is 0 Å². The minimum absolute atomic E-state index is 0.0110. The van der Waals surface area contributed by atoms with Gasteiger partial charge in [-0.2, -0.15) is 0 Å². The minimum Gasteiger partial charge on any atom is -0.493 e. The molecule has 2 heterocycles. The molecule has 3 aromatic rings. The molecule has 3 rings (SSSR count). The molecule has 0 saturated carbocycles. The van der Waals surface area contributed by atoms with E-state index in [9.17, 15) is 9.59 Å². The molecule has 152 valence electrons. The second-order valence-electron chi connectivity index (χ2n) is 6.39. The first-order chi connectivity index (χ1) is 14.0. The Balaban J connectivity index is 1.79. The van der Waals surface area contributed by atoms with Gasteiger partial charge in [0.25, 0.3) is 0 Å². The Hall–Kier alpha value is -3.55. The van der Waals surface area contributed by atoms with Crippen LogP contribution in [0.2, 0.25) is 0 Å². The number of aromatic nitrogens is 2. The summed E-state index contributed by atoms with van der Waals surface area (Å²) >= 11 is 0. The zero-order chi connectivity index (χ0) is 20.8. The summed E-state index contributed by atoms with van der Waals surface area (Å²) in [5.41, 5.74) is 2.11. The van der Waals surface area contributed by atoms with Gasteiger partial charge in [0.2, 0.25) is 5.91 Å². The standard InChI is InChI=1S/C21H23N3O5/c1-27-17-8-7-14(10-18(17)28-2)16(12-21(26)29-3)23-20(25)11-15-13-24-9-5-4-6-19(24)22-15/h4-10,13,16H,11-12H2,1-3H3,(H,23,25)/t16-/m0/s1. The molecular formula is C21H23N3O5. The van der Waals surface area contributed by atoms with Crippen LogP contribution in [0.3, 0.4) is 0 Å². The number of rotatable bonds is 8. The van der Waals surface area contributed by atoms with Crippen molar-refractivity contribution < 1.29 is 23.8 Å². The molecule has 1 atom stereocenters. The monoisotopic (exact) mass is 397 g/mol. The predicted molar refractivity (Wildman–Crippen MR) is 106 cm³/mol. The van der Waals surface area contributed by atoms with Crippen molar-refractivity contribution in [3.63, 3.8) is 0 Å². The number of nitrogens with zero attached hydrogens (tertiary/aromatic N) is 2. The molecule has 1 N–H and O–H groups in total. The molecule has 0 spiro atoms. The fourth-order valence-electron chi connectivity index (χ4n) is 3.05. The van der Waals surface area contributed by atoms with Crippen LogP contribution in [0.4, 0.5) is 0 Å². The van der Waals surface area contributed by atoms with Crippen molar-refractivity contribution in [2.24, 2.45) is 0 Å². The van der Waals surface area contributed by atoms with Crippen molar-refractivity contribution in [3.05, 3.63) is 60.0 Å². The highest BCUT2D eigenvalue weighted by Gasteiger charge is 2.21. The smallest absolute Gasteiger partial charge is 0.307 e. The van der Waals surface area contributed by atoms with E-state index in [-0.39, 0.29) is 18.7 Å². The Morgan fingerprint density at radius 3 is 2.59 bits per heavy atom. The first kappa shape index (κ1) is 20.2. The number of pyridine rings is 1. The highest BCUT2D eigenvalue weighted by Crippen LogP contribution is 2.31. The van der Waals surface area contributed by atoms with Crippen LogP contribution in [0.15, 0.2) is 48.8 Å². The SMILES string of the molecule is COC(=O)C[C@H](NC(=O)Cc1cn2ccccc2n1)c1ccc(OC)c(OC)c1. The van der Waals surface area contributed by atoms with Crippen LogP contribution in [-0.2, 0) is 20.7 Å². The molecule has 1 amide bonds. The molecule has 0 bridgehead atoms. The number of esters is 1. The van der Waals surface area contributed by atoms with Crippen molar-refractivity contribution in [1.82, 2.24) is 14.7 Å². The number of carbonyl (C=O) groups excluding carboxylic acids is 2. The number of ether oxygens (including phenoxy) is 3. The Morgan fingerprint density at radius 1 is 1.10 bits per heavy atom. The fourth-order valence-corrected chi connectivity index (χ4v) is 3.05. The van der Waals surface area contributed by atoms with E-state index in [0.29, 0.717) is 22.8 Å². The number of fused-ring (bicyclic) bond motifs is 1. The summed E-state index contributed by atoms with van der Waals surface area (Å²) in [7, 11) is 4.38. The highest BCUT2D eigenvalue weighted by molar-refractivity contribution is 5.80. The van der Waals surface area contributed by atoms with Gasteiger partial charge in [0.05, 0.1) is 45.9 Å². The Kier molecular flexibility index (Phi) is 6.33. The highest BCUT2D eigenvalue weighted by atomic mass is 16.5. The molecule has 0 radical (unpaired) electrons. The van der Waals surface area contributed by atoms with E-state index in [1.165, 1.54) is 14.2 Å². The number of amides is 1. The Bertz CT molecular complexity index is 981. The molecule has 8 heteroatoms. The zero-order valence-corrected chi connectivity index (χ0v) is 16.5. The lowest BCUT2D eigenvalue weighted by atomic mass is 10.0. The van der Waals surface area contributed by atoms with E-state index in [0.717, 1.165) is 5.65 Å². The van der Waals surface area contributed by atoms with Gasteiger partial charge in [-0.3, -0.25) is 9.59 Å². The van der Waals surface area contributed by atoms with Crippen molar-refractivity contribution in [3.8, 4) is 11.5 Å². The topological polar surface area (TPSA) is 91.2 Å². The van der Waals surface area contributed by atoms with Gasteiger partial charge < -0.3 is 23.9 Å². The Morgan fingerprint density at radius 2 is 1.90 bits per heavy atom. The van der Waals surface area contributed by atoms with E-state index in [1.807, 2.05) is 28.8 Å². The molecule has 2 aromatic heterocycles. The number of imidazole rings is 1. The fraction of sp³-hybridized carbons (Fsp3) is 0.286. The lowest BCUT2D eigenvalue weighted by molar-refractivity contribution is -0.141. The maximum absolute atomic E-state index is 12.7. The predicted octanol–water partition coefficient (Wildman–Crippen LogP) is 2.31. The van der Waals surface area contributed by atoms with E-state index in [4.69, 9.17) is 14.2 Å². The van der Waals surface area contributed by atoms with Crippen LogP contribution in [-0.4, -0.2) is 42.6 Å². The average molecular weight is 397 g/mol. The van der Waals surface area contributed by atoms with Crippen LogP contribution < -0.4 is 14.8 Å². The van der Waals surface area contributed by atoms with Crippen LogP contribution >= 0.6 is 0 Å². The van der Waals surface area contributed by atoms with Crippen LogP contribution in [0.1, 0.15) is 23.7 Å². The third-order valence-electron chi connectivity index (χ3n) is 4.50. The molecular weight excluding hydrogens is 374 g/mol. The van der Waals surface area contributed by atoms with E-state index < -0.39 is 12.0 Å². The number of hydrogen-bond acceptors (Lipinski definition) is 6.